The monoisotopic (exact) mass is 287 g/mol. The Labute approximate surface area is 120 Å². The van der Waals surface area contributed by atoms with Crippen LogP contribution in [-0.2, 0) is 0 Å². The normalized spacial score (nSPS) is 9.95. The highest BCUT2D eigenvalue weighted by molar-refractivity contribution is 6.00. The van der Waals surface area contributed by atoms with Gasteiger partial charge in [0.2, 0.25) is 0 Å². The summed E-state index contributed by atoms with van der Waals surface area (Å²) in [6.45, 7) is 1.73. The van der Waals surface area contributed by atoms with Crippen molar-refractivity contribution in [3.05, 3.63) is 58.1 Å². The number of rotatable bonds is 3. The summed E-state index contributed by atoms with van der Waals surface area (Å²) in [6.07, 6.45) is 0. The standard InChI is InChI=1S/C14H13N3O4/c1-9-5-6-11(17(20)21)8-13(9)16-14(19)15-10-3-2-4-12(18)7-10/h2-8,18H,1H3,(H2,15,16,19). The summed E-state index contributed by atoms with van der Waals surface area (Å²) in [5.74, 6) is 0.0272. The summed E-state index contributed by atoms with van der Waals surface area (Å²) < 4.78 is 0. The summed E-state index contributed by atoms with van der Waals surface area (Å²) in [7, 11) is 0. The molecular weight excluding hydrogens is 274 g/mol. The number of phenolic OH excluding ortho intramolecular Hbond substituents is 1. The largest absolute Gasteiger partial charge is 0.508 e. The average molecular weight is 287 g/mol. The van der Waals surface area contributed by atoms with Crippen molar-refractivity contribution < 1.29 is 14.8 Å². The maximum absolute atomic E-state index is 11.9. The van der Waals surface area contributed by atoms with E-state index in [1.807, 2.05) is 0 Å². The number of hydrogen-bond donors (Lipinski definition) is 3. The molecule has 0 heterocycles. The van der Waals surface area contributed by atoms with Gasteiger partial charge < -0.3 is 15.7 Å². The number of non-ortho nitro benzene ring substituents is 1. The number of carbonyl (C=O) groups is 1. The van der Waals surface area contributed by atoms with Crippen LogP contribution < -0.4 is 10.6 Å². The first-order valence-electron chi connectivity index (χ1n) is 6.08. The van der Waals surface area contributed by atoms with E-state index in [0.717, 1.165) is 0 Å². The Balaban J connectivity index is 2.12. The molecule has 7 nitrogen and oxygen atoms in total. The van der Waals surface area contributed by atoms with Crippen LogP contribution in [0.15, 0.2) is 42.5 Å². The van der Waals surface area contributed by atoms with Crippen molar-refractivity contribution in [1.82, 2.24) is 0 Å². The van der Waals surface area contributed by atoms with Crippen LogP contribution in [0.3, 0.4) is 0 Å². The Bertz CT molecular complexity index is 700. The summed E-state index contributed by atoms with van der Waals surface area (Å²) in [4.78, 5) is 22.1. The molecule has 2 amide bonds. The van der Waals surface area contributed by atoms with Gasteiger partial charge in [-0.05, 0) is 24.6 Å². The quantitative estimate of drug-likeness (QED) is 0.595. The first-order valence-corrected chi connectivity index (χ1v) is 6.08. The Morgan fingerprint density at radius 1 is 1.19 bits per heavy atom. The lowest BCUT2D eigenvalue weighted by atomic mass is 10.2. The van der Waals surface area contributed by atoms with E-state index in [0.29, 0.717) is 16.9 Å². The van der Waals surface area contributed by atoms with E-state index in [4.69, 9.17) is 0 Å². The van der Waals surface area contributed by atoms with Crippen molar-refractivity contribution >= 4 is 23.1 Å². The molecular formula is C14H13N3O4. The molecule has 7 heteroatoms. The van der Waals surface area contributed by atoms with E-state index in [1.165, 1.54) is 24.3 Å². The summed E-state index contributed by atoms with van der Waals surface area (Å²) >= 11 is 0. The van der Waals surface area contributed by atoms with Gasteiger partial charge in [0.25, 0.3) is 5.69 Å². The lowest BCUT2D eigenvalue weighted by Crippen LogP contribution is -2.20. The Hall–Kier alpha value is -3.09. The van der Waals surface area contributed by atoms with Crippen molar-refractivity contribution in [2.75, 3.05) is 10.6 Å². The average Bonchev–Trinajstić information content (AvgIpc) is 2.41. The van der Waals surface area contributed by atoms with Gasteiger partial charge in [-0.25, -0.2) is 4.79 Å². The van der Waals surface area contributed by atoms with Crippen molar-refractivity contribution in [1.29, 1.82) is 0 Å². The van der Waals surface area contributed by atoms with Crippen molar-refractivity contribution in [3.63, 3.8) is 0 Å². The molecule has 0 bridgehead atoms. The van der Waals surface area contributed by atoms with E-state index < -0.39 is 11.0 Å². The number of hydrogen-bond acceptors (Lipinski definition) is 4. The van der Waals surface area contributed by atoms with Gasteiger partial charge in [-0.3, -0.25) is 10.1 Å². The third-order valence-electron chi connectivity index (χ3n) is 2.78. The predicted molar refractivity (Wildman–Crippen MR) is 78.6 cm³/mol. The van der Waals surface area contributed by atoms with E-state index in [1.54, 1.807) is 25.1 Å². The van der Waals surface area contributed by atoms with Crippen molar-refractivity contribution in [2.45, 2.75) is 6.92 Å². The molecule has 2 aromatic rings. The molecule has 21 heavy (non-hydrogen) atoms. The highest BCUT2D eigenvalue weighted by Crippen LogP contribution is 2.22. The van der Waals surface area contributed by atoms with E-state index >= 15 is 0 Å². The molecule has 0 unspecified atom stereocenters. The molecule has 0 atom stereocenters. The number of anilines is 2. The third-order valence-corrected chi connectivity index (χ3v) is 2.78. The van der Waals surface area contributed by atoms with Crippen molar-refractivity contribution in [3.8, 4) is 5.75 Å². The highest BCUT2D eigenvalue weighted by atomic mass is 16.6. The van der Waals surface area contributed by atoms with Gasteiger partial charge in [0.05, 0.1) is 10.6 Å². The van der Waals surface area contributed by atoms with Crippen LogP contribution in [0, 0.1) is 17.0 Å². The molecule has 2 rings (SSSR count). The van der Waals surface area contributed by atoms with E-state index in [-0.39, 0.29) is 11.4 Å². The second-order valence-electron chi connectivity index (χ2n) is 4.39. The Morgan fingerprint density at radius 3 is 2.62 bits per heavy atom. The summed E-state index contributed by atoms with van der Waals surface area (Å²) in [5.41, 5.74) is 1.36. The minimum atomic E-state index is -0.552. The number of nitro groups is 1. The van der Waals surface area contributed by atoms with Gasteiger partial charge in [-0.1, -0.05) is 12.1 Å². The van der Waals surface area contributed by atoms with E-state index in [9.17, 15) is 20.0 Å². The number of aryl methyl sites for hydroxylation is 1. The SMILES string of the molecule is Cc1ccc([N+](=O)[O-])cc1NC(=O)Nc1cccc(O)c1. The molecule has 0 spiro atoms. The zero-order valence-corrected chi connectivity index (χ0v) is 11.2. The molecule has 0 radical (unpaired) electrons. The molecule has 0 aliphatic heterocycles. The molecule has 108 valence electrons. The van der Waals surface area contributed by atoms with Gasteiger partial charge >= 0.3 is 6.03 Å². The van der Waals surface area contributed by atoms with Gasteiger partial charge in [-0.2, -0.15) is 0 Å². The molecule has 0 saturated heterocycles. The molecule has 0 aliphatic rings. The number of phenols is 1. The predicted octanol–water partition coefficient (Wildman–Crippen LogP) is 3.25. The Kier molecular flexibility index (Phi) is 4.03. The molecule has 0 saturated carbocycles. The maximum atomic E-state index is 11.9. The van der Waals surface area contributed by atoms with Gasteiger partial charge in [0.1, 0.15) is 5.75 Å². The summed E-state index contributed by atoms with van der Waals surface area (Å²) in [5, 5.41) is 25.1. The van der Waals surface area contributed by atoms with Crippen LogP contribution >= 0.6 is 0 Å². The Morgan fingerprint density at radius 2 is 1.95 bits per heavy atom. The topological polar surface area (TPSA) is 105 Å². The van der Waals surface area contributed by atoms with Crippen LogP contribution in [0.1, 0.15) is 5.56 Å². The fraction of sp³-hybridized carbons (Fsp3) is 0.0714. The number of amides is 2. The van der Waals surface area contributed by atoms with Crippen LogP contribution in [0.2, 0.25) is 0 Å². The number of nitrogens with zero attached hydrogens (tertiary/aromatic N) is 1. The van der Waals surface area contributed by atoms with Crippen molar-refractivity contribution in [2.24, 2.45) is 0 Å². The maximum Gasteiger partial charge on any atom is 0.323 e. The molecule has 0 aromatic heterocycles. The smallest absolute Gasteiger partial charge is 0.323 e. The fourth-order valence-corrected chi connectivity index (χ4v) is 1.73. The van der Waals surface area contributed by atoms with Gasteiger partial charge in [0, 0.05) is 23.9 Å². The fourth-order valence-electron chi connectivity index (χ4n) is 1.73. The van der Waals surface area contributed by atoms with Crippen LogP contribution in [0.4, 0.5) is 21.9 Å². The number of nitrogens with one attached hydrogen (secondary N) is 2. The highest BCUT2D eigenvalue weighted by Gasteiger charge is 2.11. The molecule has 2 aromatic carbocycles. The van der Waals surface area contributed by atoms with Crippen LogP contribution in [-0.4, -0.2) is 16.1 Å². The molecule has 0 fully saturated rings. The third kappa shape index (κ3) is 3.69. The number of nitro benzene ring substituents is 1. The second kappa shape index (κ2) is 5.91. The molecule has 0 aliphatic carbocycles. The zero-order valence-electron chi connectivity index (χ0n) is 11.2. The van der Waals surface area contributed by atoms with Crippen LogP contribution in [0.5, 0.6) is 5.75 Å². The second-order valence-corrected chi connectivity index (χ2v) is 4.39. The lowest BCUT2D eigenvalue weighted by molar-refractivity contribution is -0.384. The minimum Gasteiger partial charge on any atom is -0.508 e. The van der Waals surface area contributed by atoms with Gasteiger partial charge in [0.15, 0.2) is 0 Å². The number of urea groups is 1. The van der Waals surface area contributed by atoms with Crippen LogP contribution in [0.25, 0.3) is 0 Å². The van der Waals surface area contributed by atoms with E-state index in [2.05, 4.69) is 10.6 Å². The lowest BCUT2D eigenvalue weighted by Gasteiger charge is -2.10. The molecule has 3 N–H and O–H groups in total. The first-order chi connectivity index (χ1) is 9.95. The number of carbonyl (C=O) groups excluding carboxylic acids is 1. The number of aromatic hydroxyl groups is 1. The zero-order chi connectivity index (χ0) is 15.4. The number of benzene rings is 2. The minimum absolute atomic E-state index is 0.0272. The summed E-state index contributed by atoms with van der Waals surface area (Å²) in [6, 6.07) is 9.73. The first kappa shape index (κ1) is 14.3. The van der Waals surface area contributed by atoms with Gasteiger partial charge in [-0.15, -0.1) is 0 Å².